The average molecular weight is 349 g/mol. The van der Waals surface area contributed by atoms with E-state index in [1.165, 1.54) is 34.4 Å². The van der Waals surface area contributed by atoms with Crippen molar-refractivity contribution in [3.63, 3.8) is 0 Å². The molecule has 0 radical (unpaired) electrons. The summed E-state index contributed by atoms with van der Waals surface area (Å²) < 4.78 is 0. The number of anilines is 1. The van der Waals surface area contributed by atoms with Crippen LogP contribution in [-0.4, -0.2) is 12.5 Å². The largest absolute Gasteiger partial charge is 0.321 e. The number of amides is 1. The molecule has 122 valence electrons. The van der Waals surface area contributed by atoms with Gasteiger partial charge in [-0.1, -0.05) is 6.07 Å². The lowest BCUT2D eigenvalue weighted by molar-refractivity contribution is 0.103. The molecule has 0 saturated heterocycles. The second-order valence-corrected chi connectivity index (χ2v) is 7.27. The Bertz CT molecular complexity index is 702. The van der Waals surface area contributed by atoms with E-state index >= 15 is 0 Å². The quantitative estimate of drug-likeness (QED) is 0.862. The molecule has 0 saturated carbocycles. The van der Waals surface area contributed by atoms with Crippen molar-refractivity contribution in [2.45, 2.75) is 38.6 Å². The van der Waals surface area contributed by atoms with E-state index in [1.54, 1.807) is 11.3 Å². The highest BCUT2D eigenvalue weighted by molar-refractivity contribution is 7.14. The molecule has 1 aromatic heterocycles. The molecule has 4 rings (SSSR count). The molecule has 2 aromatic rings. The predicted molar refractivity (Wildman–Crippen MR) is 98.0 cm³/mol. The van der Waals surface area contributed by atoms with Gasteiger partial charge in [-0.3, -0.25) is 4.79 Å². The fraction of sp³-hybridized carbons (Fsp3) is 0.389. The van der Waals surface area contributed by atoms with Crippen molar-refractivity contribution in [1.29, 1.82) is 0 Å². The van der Waals surface area contributed by atoms with Gasteiger partial charge < -0.3 is 10.6 Å². The number of nitrogens with one attached hydrogen (secondary N) is 2. The third-order valence-electron chi connectivity index (χ3n) is 4.57. The maximum atomic E-state index is 12.5. The summed E-state index contributed by atoms with van der Waals surface area (Å²) >= 11 is 1.67. The Morgan fingerprint density at radius 1 is 1.04 bits per heavy atom. The number of hydrogen-bond acceptors (Lipinski definition) is 3. The highest BCUT2D eigenvalue weighted by Gasteiger charge is 2.18. The van der Waals surface area contributed by atoms with Crippen molar-refractivity contribution in [3.8, 4) is 0 Å². The van der Waals surface area contributed by atoms with E-state index in [1.807, 2.05) is 6.07 Å². The summed E-state index contributed by atoms with van der Waals surface area (Å²) in [7, 11) is 0. The van der Waals surface area contributed by atoms with Gasteiger partial charge in [-0.05, 0) is 73.5 Å². The standard InChI is InChI=1S/C18H20N2OS.ClH/c21-18(17-10-13-3-1-2-4-16(13)22-17)20-15-6-5-12-7-8-19-11-14(12)9-15;/h5-6,9-10,19H,1-4,7-8,11H2,(H,20,21);1H. The number of carbonyl (C=O) groups excluding carboxylic acids is 1. The van der Waals surface area contributed by atoms with Gasteiger partial charge in [0.15, 0.2) is 0 Å². The van der Waals surface area contributed by atoms with Gasteiger partial charge in [-0.2, -0.15) is 0 Å². The van der Waals surface area contributed by atoms with Gasteiger partial charge in [0.05, 0.1) is 4.88 Å². The molecule has 5 heteroatoms. The summed E-state index contributed by atoms with van der Waals surface area (Å²) in [4.78, 5) is 14.7. The molecule has 2 aliphatic rings. The van der Waals surface area contributed by atoms with E-state index < -0.39 is 0 Å². The minimum Gasteiger partial charge on any atom is -0.321 e. The van der Waals surface area contributed by atoms with Crippen LogP contribution in [0, 0.1) is 0 Å². The number of carbonyl (C=O) groups is 1. The maximum Gasteiger partial charge on any atom is 0.265 e. The Morgan fingerprint density at radius 2 is 1.91 bits per heavy atom. The second-order valence-electron chi connectivity index (χ2n) is 6.13. The van der Waals surface area contributed by atoms with E-state index in [4.69, 9.17) is 0 Å². The third kappa shape index (κ3) is 3.44. The molecule has 0 bridgehead atoms. The monoisotopic (exact) mass is 348 g/mol. The molecule has 23 heavy (non-hydrogen) atoms. The lowest BCUT2D eigenvalue weighted by atomic mass is 9.99. The molecule has 0 spiro atoms. The first-order valence-corrected chi connectivity index (χ1v) is 8.87. The molecule has 2 N–H and O–H groups in total. The summed E-state index contributed by atoms with van der Waals surface area (Å²) in [5, 5.41) is 6.44. The number of benzene rings is 1. The molecule has 1 aromatic carbocycles. The summed E-state index contributed by atoms with van der Waals surface area (Å²) in [6.45, 7) is 1.94. The summed E-state index contributed by atoms with van der Waals surface area (Å²) in [6.07, 6.45) is 5.84. The van der Waals surface area contributed by atoms with Crippen molar-refractivity contribution in [1.82, 2.24) is 5.32 Å². The lowest BCUT2D eigenvalue weighted by Crippen LogP contribution is -2.23. The topological polar surface area (TPSA) is 41.1 Å². The Balaban J connectivity index is 0.00000156. The molecule has 2 heterocycles. The number of fused-ring (bicyclic) bond motifs is 2. The summed E-state index contributed by atoms with van der Waals surface area (Å²) in [5.74, 6) is 0.0307. The highest BCUT2D eigenvalue weighted by atomic mass is 35.5. The molecule has 1 aliphatic carbocycles. The average Bonchev–Trinajstić information content (AvgIpc) is 2.99. The molecule has 3 nitrogen and oxygen atoms in total. The summed E-state index contributed by atoms with van der Waals surface area (Å²) in [6, 6.07) is 8.36. The van der Waals surface area contributed by atoms with Crippen LogP contribution in [0.25, 0.3) is 0 Å². The zero-order chi connectivity index (χ0) is 14.9. The normalized spacial score (nSPS) is 16.0. The Hall–Kier alpha value is -1.36. The lowest BCUT2D eigenvalue weighted by Gasteiger charge is -2.18. The Morgan fingerprint density at radius 3 is 2.78 bits per heavy atom. The van der Waals surface area contributed by atoms with Crippen LogP contribution in [0.3, 0.4) is 0 Å². The molecule has 0 atom stereocenters. The van der Waals surface area contributed by atoms with Gasteiger partial charge in [-0.25, -0.2) is 0 Å². The van der Waals surface area contributed by atoms with Crippen molar-refractivity contribution in [2.24, 2.45) is 0 Å². The first-order chi connectivity index (χ1) is 10.8. The number of aryl methyl sites for hydroxylation is 2. The van der Waals surface area contributed by atoms with Crippen molar-refractivity contribution >= 4 is 35.3 Å². The molecule has 0 fully saturated rings. The van der Waals surface area contributed by atoms with Crippen molar-refractivity contribution < 1.29 is 4.79 Å². The first kappa shape index (κ1) is 16.5. The van der Waals surface area contributed by atoms with E-state index in [-0.39, 0.29) is 18.3 Å². The molecule has 1 amide bonds. The smallest absolute Gasteiger partial charge is 0.265 e. The summed E-state index contributed by atoms with van der Waals surface area (Å²) in [5.41, 5.74) is 4.98. The minimum absolute atomic E-state index is 0. The number of hydrogen-bond donors (Lipinski definition) is 2. The zero-order valence-electron chi connectivity index (χ0n) is 13.0. The van der Waals surface area contributed by atoms with Crippen LogP contribution >= 0.6 is 23.7 Å². The number of halogens is 1. The minimum atomic E-state index is 0. The van der Waals surface area contributed by atoms with E-state index in [2.05, 4.69) is 28.8 Å². The SMILES string of the molecule is Cl.O=C(Nc1ccc2c(c1)CNCC2)c1cc2c(s1)CCCC2. The number of rotatable bonds is 2. The van der Waals surface area contributed by atoms with Gasteiger partial charge in [0.2, 0.25) is 0 Å². The van der Waals surface area contributed by atoms with Crippen LogP contribution in [0.5, 0.6) is 0 Å². The fourth-order valence-electron chi connectivity index (χ4n) is 3.35. The van der Waals surface area contributed by atoms with Crippen LogP contribution in [0.1, 0.15) is 44.1 Å². The molecule has 1 aliphatic heterocycles. The van der Waals surface area contributed by atoms with Crippen LogP contribution in [0.4, 0.5) is 5.69 Å². The maximum absolute atomic E-state index is 12.5. The van der Waals surface area contributed by atoms with Gasteiger partial charge in [-0.15, -0.1) is 23.7 Å². The third-order valence-corrected chi connectivity index (χ3v) is 5.81. The molecule has 0 unspecified atom stereocenters. The van der Waals surface area contributed by atoms with Crippen LogP contribution in [-0.2, 0) is 25.8 Å². The van der Waals surface area contributed by atoms with Gasteiger partial charge >= 0.3 is 0 Å². The van der Waals surface area contributed by atoms with Crippen LogP contribution < -0.4 is 10.6 Å². The van der Waals surface area contributed by atoms with E-state index in [0.717, 1.165) is 42.9 Å². The predicted octanol–water partition coefficient (Wildman–Crippen LogP) is 3.95. The Labute approximate surface area is 146 Å². The van der Waals surface area contributed by atoms with Crippen LogP contribution in [0.15, 0.2) is 24.3 Å². The van der Waals surface area contributed by atoms with Gasteiger partial charge in [0, 0.05) is 17.1 Å². The van der Waals surface area contributed by atoms with Gasteiger partial charge in [0.25, 0.3) is 5.91 Å². The Kier molecular flexibility index (Phi) is 5.05. The van der Waals surface area contributed by atoms with E-state index in [9.17, 15) is 4.79 Å². The van der Waals surface area contributed by atoms with Crippen molar-refractivity contribution in [2.75, 3.05) is 11.9 Å². The van der Waals surface area contributed by atoms with Crippen molar-refractivity contribution in [3.05, 3.63) is 50.7 Å². The molecular formula is C18H21ClN2OS. The van der Waals surface area contributed by atoms with E-state index in [0.29, 0.717) is 0 Å². The second kappa shape index (κ2) is 7.04. The van der Waals surface area contributed by atoms with Crippen LogP contribution in [0.2, 0.25) is 0 Å². The fourth-order valence-corrected chi connectivity index (χ4v) is 4.50. The first-order valence-electron chi connectivity index (χ1n) is 8.05. The zero-order valence-corrected chi connectivity index (χ0v) is 14.6. The van der Waals surface area contributed by atoms with Gasteiger partial charge in [0.1, 0.15) is 0 Å². The molecular weight excluding hydrogens is 328 g/mol. The number of thiophene rings is 1. The highest BCUT2D eigenvalue weighted by Crippen LogP contribution is 2.30.